The van der Waals surface area contributed by atoms with Crippen molar-refractivity contribution in [2.75, 3.05) is 6.54 Å². The van der Waals surface area contributed by atoms with E-state index in [9.17, 15) is 9.90 Å². The Hall–Kier alpha value is -1.35. The second kappa shape index (κ2) is 8.83. The summed E-state index contributed by atoms with van der Waals surface area (Å²) < 4.78 is 0. The summed E-state index contributed by atoms with van der Waals surface area (Å²) in [6.45, 7) is 9.24. The maximum Gasteiger partial charge on any atom is 0.320 e. The van der Waals surface area contributed by atoms with Crippen molar-refractivity contribution in [3.63, 3.8) is 0 Å². The molecule has 0 spiro atoms. The Morgan fingerprint density at radius 2 is 1.62 bits per heavy atom. The molecule has 2 atom stereocenters. The molecule has 21 heavy (non-hydrogen) atoms. The van der Waals surface area contributed by atoms with E-state index in [1.54, 1.807) is 0 Å². The number of carboxylic acids is 1. The van der Waals surface area contributed by atoms with E-state index < -0.39 is 12.0 Å². The van der Waals surface area contributed by atoms with Gasteiger partial charge in [0, 0.05) is 6.54 Å². The summed E-state index contributed by atoms with van der Waals surface area (Å²) >= 11 is 0. The quantitative estimate of drug-likeness (QED) is 0.725. The summed E-state index contributed by atoms with van der Waals surface area (Å²) in [7, 11) is 0. The molecule has 118 valence electrons. The van der Waals surface area contributed by atoms with E-state index in [-0.39, 0.29) is 0 Å². The van der Waals surface area contributed by atoms with Crippen LogP contribution in [0.2, 0.25) is 0 Å². The van der Waals surface area contributed by atoms with Crippen molar-refractivity contribution in [2.45, 2.75) is 52.5 Å². The zero-order valence-corrected chi connectivity index (χ0v) is 13.7. The van der Waals surface area contributed by atoms with Gasteiger partial charge in [-0.15, -0.1) is 0 Å². The standard InChI is InChI=1S/C18H29NO2/c1-13(2)10-16(15-8-6-5-7-9-15)12-19-17(18(20)21)11-14(3)4/h5-9,13-14,16-17,19H,10-12H2,1-4H3,(H,20,21). The van der Waals surface area contributed by atoms with Crippen molar-refractivity contribution in [2.24, 2.45) is 11.8 Å². The highest BCUT2D eigenvalue weighted by Crippen LogP contribution is 2.23. The average molecular weight is 291 g/mol. The van der Waals surface area contributed by atoms with E-state index in [1.807, 2.05) is 18.2 Å². The van der Waals surface area contributed by atoms with Gasteiger partial charge in [-0.05, 0) is 36.2 Å². The van der Waals surface area contributed by atoms with E-state index >= 15 is 0 Å². The fourth-order valence-corrected chi connectivity index (χ4v) is 2.66. The lowest BCUT2D eigenvalue weighted by Gasteiger charge is -2.23. The highest BCUT2D eigenvalue weighted by molar-refractivity contribution is 5.73. The highest BCUT2D eigenvalue weighted by atomic mass is 16.4. The predicted molar refractivity (Wildman–Crippen MR) is 87.5 cm³/mol. The molecule has 0 aliphatic rings. The second-order valence-electron chi connectivity index (χ2n) is 6.67. The molecular weight excluding hydrogens is 262 g/mol. The summed E-state index contributed by atoms with van der Waals surface area (Å²) in [5.74, 6) is 0.574. The van der Waals surface area contributed by atoms with Crippen LogP contribution < -0.4 is 5.32 Å². The van der Waals surface area contributed by atoms with E-state index in [4.69, 9.17) is 0 Å². The lowest BCUT2D eigenvalue weighted by atomic mass is 9.90. The molecule has 0 heterocycles. The van der Waals surface area contributed by atoms with E-state index in [2.05, 4.69) is 45.1 Å². The van der Waals surface area contributed by atoms with Gasteiger partial charge < -0.3 is 10.4 Å². The van der Waals surface area contributed by atoms with Crippen LogP contribution in [0.5, 0.6) is 0 Å². The summed E-state index contributed by atoms with van der Waals surface area (Å²) in [5.41, 5.74) is 1.28. The first kappa shape index (κ1) is 17.7. The Labute approximate surface area is 128 Å². The number of hydrogen-bond acceptors (Lipinski definition) is 2. The number of aliphatic carboxylic acids is 1. The maximum atomic E-state index is 11.3. The number of benzene rings is 1. The molecule has 0 aliphatic carbocycles. The molecule has 0 aromatic heterocycles. The Morgan fingerprint density at radius 3 is 2.10 bits per heavy atom. The molecule has 0 radical (unpaired) electrons. The number of nitrogens with one attached hydrogen (secondary N) is 1. The second-order valence-corrected chi connectivity index (χ2v) is 6.67. The molecule has 1 aromatic carbocycles. The molecule has 0 bridgehead atoms. The minimum atomic E-state index is -0.750. The summed E-state index contributed by atoms with van der Waals surface area (Å²) in [6, 6.07) is 9.92. The molecule has 3 nitrogen and oxygen atoms in total. The van der Waals surface area contributed by atoms with Gasteiger partial charge in [0.15, 0.2) is 0 Å². The van der Waals surface area contributed by atoms with Crippen molar-refractivity contribution in [1.82, 2.24) is 5.32 Å². The summed E-state index contributed by atoms with van der Waals surface area (Å²) in [5, 5.41) is 12.6. The Bertz CT molecular complexity index is 414. The number of carboxylic acid groups (broad SMARTS) is 1. The molecule has 2 N–H and O–H groups in total. The van der Waals surface area contributed by atoms with Crippen LogP contribution in [0, 0.1) is 11.8 Å². The van der Waals surface area contributed by atoms with Crippen LogP contribution >= 0.6 is 0 Å². The third kappa shape index (κ3) is 6.76. The van der Waals surface area contributed by atoms with E-state index in [0.29, 0.717) is 30.7 Å². The lowest BCUT2D eigenvalue weighted by molar-refractivity contribution is -0.139. The number of carbonyl (C=O) groups is 1. The van der Waals surface area contributed by atoms with Crippen LogP contribution in [-0.2, 0) is 4.79 Å². The molecule has 3 heteroatoms. The molecule has 0 saturated heterocycles. The molecule has 0 fully saturated rings. The third-order valence-electron chi connectivity index (χ3n) is 3.64. The topological polar surface area (TPSA) is 49.3 Å². The zero-order chi connectivity index (χ0) is 15.8. The van der Waals surface area contributed by atoms with Crippen molar-refractivity contribution >= 4 is 5.97 Å². The van der Waals surface area contributed by atoms with Crippen LogP contribution in [0.4, 0.5) is 0 Å². The smallest absolute Gasteiger partial charge is 0.320 e. The molecule has 0 aliphatic heterocycles. The SMILES string of the molecule is CC(C)CC(NCC(CC(C)C)c1ccccc1)C(=O)O. The van der Waals surface area contributed by atoms with E-state index in [0.717, 1.165) is 6.42 Å². The van der Waals surface area contributed by atoms with Gasteiger partial charge in [-0.3, -0.25) is 4.79 Å². The Kier molecular flexibility index (Phi) is 7.44. The first-order chi connectivity index (χ1) is 9.90. The minimum Gasteiger partial charge on any atom is -0.480 e. The van der Waals surface area contributed by atoms with Crippen LogP contribution in [0.25, 0.3) is 0 Å². The van der Waals surface area contributed by atoms with Gasteiger partial charge in [0.05, 0.1) is 0 Å². The highest BCUT2D eigenvalue weighted by Gasteiger charge is 2.21. The monoisotopic (exact) mass is 291 g/mol. The van der Waals surface area contributed by atoms with Crippen molar-refractivity contribution < 1.29 is 9.90 Å². The van der Waals surface area contributed by atoms with Gasteiger partial charge in [-0.2, -0.15) is 0 Å². The fraction of sp³-hybridized carbons (Fsp3) is 0.611. The van der Waals surface area contributed by atoms with Gasteiger partial charge >= 0.3 is 5.97 Å². The largest absolute Gasteiger partial charge is 0.480 e. The normalized spacial score (nSPS) is 14.4. The maximum absolute atomic E-state index is 11.3. The van der Waals surface area contributed by atoms with Crippen molar-refractivity contribution in [3.8, 4) is 0 Å². The zero-order valence-electron chi connectivity index (χ0n) is 13.7. The predicted octanol–water partition coefficient (Wildman–Crippen LogP) is 3.91. The summed E-state index contributed by atoms with van der Waals surface area (Å²) in [4.78, 5) is 11.3. The molecule has 1 aromatic rings. The molecule has 1 rings (SSSR count). The van der Waals surface area contributed by atoms with Crippen LogP contribution in [0.15, 0.2) is 30.3 Å². The Balaban J connectivity index is 2.70. The Morgan fingerprint density at radius 1 is 1.05 bits per heavy atom. The number of hydrogen-bond donors (Lipinski definition) is 2. The van der Waals surface area contributed by atoms with Crippen LogP contribution in [0.3, 0.4) is 0 Å². The third-order valence-corrected chi connectivity index (χ3v) is 3.64. The molecular formula is C18H29NO2. The molecule has 0 saturated carbocycles. The van der Waals surface area contributed by atoms with Crippen molar-refractivity contribution in [1.29, 1.82) is 0 Å². The van der Waals surface area contributed by atoms with Gasteiger partial charge in [-0.1, -0.05) is 58.0 Å². The van der Waals surface area contributed by atoms with Gasteiger partial charge in [-0.25, -0.2) is 0 Å². The minimum absolute atomic E-state index is 0.361. The number of rotatable bonds is 9. The molecule has 0 amide bonds. The molecule has 2 unspecified atom stereocenters. The average Bonchev–Trinajstić information content (AvgIpc) is 2.41. The fourth-order valence-electron chi connectivity index (χ4n) is 2.66. The van der Waals surface area contributed by atoms with Gasteiger partial charge in [0.1, 0.15) is 6.04 Å². The van der Waals surface area contributed by atoms with Crippen molar-refractivity contribution in [3.05, 3.63) is 35.9 Å². The van der Waals surface area contributed by atoms with Gasteiger partial charge in [0.25, 0.3) is 0 Å². The summed E-state index contributed by atoms with van der Waals surface area (Å²) in [6.07, 6.45) is 1.73. The van der Waals surface area contributed by atoms with Crippen LogP contribution in [-0.4, -0.2) is 23.7 Å². The van der Waals surface area contributed by atoms with Crippen LogP contribution in [0.1, 0.15) is 52.0 Å². The van der Waals surface area contributed by atoms with Gasteiger partial charge in [0.2, 0.25) is 0 Å². The first-order valence-corrected chi connectivity index (χ1v) is 7.91. The lowest BCUT2D eigenvalue weighted by Crippen LogP contribution is -2.40. The van der Waals surface area contributed by atoms with E-state index in [1.165, 1.54) is 5.56 Å². The first-order valence-electron chi connectivity index (χ1n) is 7.91.